The van der Waals surface area contributed by atoms with Gasteiger partial charge in [0.15, 0.2) is 11.5 Å². The van der Waals surface area contributed by atoms with Crippen LogP contribution >= 0.6 is 11.3 Å². The molecule has 0 aliphatic rings. The monoisotopic (exact) mass is 440 g/mol. The van der Waals surface area contributed by atoms with E-state index in [9.17, 15) is 4.79 Å². The molecular formula is C24H28N2O4S. The molecule has 2 aromatic carbocycles. The fraction of sp³-hybridized carbons (Fsp3) is 0.333. The highest BCUT2D eigenvalue weighted by atomic mass is 32.1. The molecule has 0 saturated carbocycles. The number of carbonyl (C=O) groups is 1. The SMILES string of the molecule is CCOc1ccc(CCNC(=O)c2cccc(OCc3csc(C)n3)c2)cc1OCC. The van der Waals surface area contributed by atoms with Crippen molar-refractivity contribution in [1.82, 2.24) is 10.3 Å². The van der Waals surface area contributed by atoms with Crippen LogP contribution in [-0.4, -0.2) is 30.6 Å². The highest BCUT2D eigenvalue weighted by molar-refractivity contribution is 7.09. The first kappa shape index (κ1) is 22.6. The van der Waals surface area contributed by atoms with Gasteiger partial charge in [-0.3, -0.25) is 4.79 Å². The van der Waals surface area contributed by atoms with Gasteiger partial charge in [-0.1, -0.05) is 12.1 Å². The van der Waals surface area contributed by atoms with E-state index < -0.39 is 0 Å². The molecule has 0 unspecified atom stereocenters. The lowest BCUT2D eigenvalue weighted by molar-refractivity contribution is 0.0953. The van der Waals surface area contributed by atoms with Crippen molar-refractivity contribution in [3.8, 4) is 17.2 Å². The number of aromatic nitrogens is 1. The number of nitrogens with one attached hydrogen (secondary N) is 1. The van der Waals surface area contributed by atoms with Crippen molar-refractivity contribution in [1.29, 1.82) is 0 Å². The molecule has 164 valence electrons. The molecule has 1 amide bonds. The Morgan fingerprint density at radius 2 is 1.84 bits per heavy atom. The van der Waals surface area contributed by atoms with Crippen molar-refractivity contribution in [2.75, 3.05) is 19.8 Å². The standard InChI is InChI=1S/C24H28N2O4S/c1-4-28-22-10-9-18(13-23(22)29-5-2)11-12-25-24(27)19-7-6-8-21(14-19)30-15-20-16-31-17(3)26-20/h6-10,13-14,16H,4-5,11-12,15H2,1-3H3,(H,25,27). The summed E-state index contributed by atoms with van der Waals surface area (Å²) in [6, 6.07) is 13.1. The number of carbonyl (C=O) groups excluding carboxylic acids is 1. The van der Waals surface area contributed by atoms with E-state index >= 15 is 0 Å². The van der Waals surface area contributed by atoms with Crippen LogP contribution < -0.4 is 19.5 Å². The van der Waals surface area contributed by atoms with Gasteiger partial charge in [0.2, 0.25) is 0 Å². The van der Waals surface area contributed by atoms with Crippen LogP contribution in [0.4, 0.5) is 0 Å². The Balaban J connectivity index is 1.53. The molecule has 3 aromatic rings. The summed E-state index contributed by atoms with van der Waals surface area (Å²) in [5.74, 6) is 1.98. The van der Waals surface area contributed by atoms with Gasteiger partial charge in [0, 0.05) is 17.5 Å². The van der Waals surface area contributed by atoms with Gasteiger partial charge in [0.1, 0.15) is 12.4 Å². The van der Waals surface area contributed by atoms with Crippen molar-refractivity contribution in [3.05, 3.63) is 69.7 Å². The van der Waals surface area contributed by atoms with Crippen molar-refractivity contribution >= 4 is 17.2 Å². The lowest BCUT2D eigenvalue weighted by Gasteiger charge is -2.13. The molecule has 1 heterocycles. The van der Waals surface area contributed by atoms with Crippen LogP contribution in [0.25, 0.3) is 0 Å². The number of amides is 1. The molecular weight excluding hydrogens is 412 g/mol. The average molecular weight is 441 g/mol. The summed E-state index contributed by atoms with van der Waals surface area (Å²) >= 11 is 1.59. The van der Waals surface area contributed by atoms with Gasteiger partial charge in [-0.25, -0.2) is 4.98 Å². The number of benzene rings is 2. The number of hydrogen-bond acceptors (Lipinski definition) is 6. The Kier molecular flexibility index (Phi) is 8.29. The second kappa shape index (κ2) is 11.4. The van der Waals surface area contributed by atoms with Crippen LogP contribution in [-0.2, 0) is 13.0 Å². The third kappa shape index (κ3) is 6.72. The van der Waals surface area contributed by atoms with Crippen molar-refractivity contribution in [2.45, 2.75) is 33.8 Å². The molecule has 0 fully saturated rings. The molecule has 0 aliphatic carbocycles. The van der Waals surface area contributed by atoms with E-state index in [-0.39, 0.29) is 5.91 Å². The van der Waals surface area contributed by atoms with Crippen LogP contribution in [0.3, 0.4) is 0 Å². The van der Waals surface area contributed by atoms with E-state index in [1.807, 2.05) is 56.5 Å². The predicted molar refractivity (Wildman–Crippen MR) is 122 cm³/mol. The van der Waals surface area contributed by atoms with Gasteiger partial charge in [0.25, 0.3) is 5.91 Å². The summed E-state index contributed by atoms with van der Waals surface area (Å²) < 4.78 is 17.0. The summed E-state index contributed by atoms with van der Waals surface area (Å²) in [7, 11) is 0. The molecule has 3 rings (SSSR count). The van der Waals surface area contributed by atoms with E-state index in [1.165, 1.54) is 0 Å². The summed E-state index contributed by atoms with van der Waals surface area (Å²) in [6.45, 7) is 7.90. The maximum atomic E-state index is 12.6. The number of aryl methyl sites for hydroxylation is 1. The van der Waals surface area contributed by atoms with Crippen LogP contribution in [0.1, 0.15) is 40.5 Å². The first-order chi connectivity index (χ1) is 15.1. The average Bonchev–Trinajstić information content (AvgIpc) is 3.19. The highest BCUT2D eigenvalue weighted by Crippen LogP contribution is 2.28. The van der Waals surface area contributed by atoms with Gasteiger partial charge in [-0.05, 0) is 63.1 Å². The van der Waals surface area contributed by atoms with E-state index in [0.29, 0.717) is 44.1 Å². The maximum Gasteiger partial charge on any atom is 0.251 e. The topological polar surface area (TPSA) is 69.7 Å². The molecule has 1 aromatic heterocycles. The van der Waals surface area contributed by atoms with Crippen molar-refractivity contribution in [3.63, 3.8) is 0 Å². The fourth-order valence-electron chi connectivity index (χ4n) is 3.03. The van der Waals surface area contributed by atoms with Crippen LogP contribution in [0.5, 0.6) is 17.2 Å². The zero-order valence-electron chi connectivity index (χ0n) is 18.1. The Labute approximate surface area is 187 Å². The van der Waals surface area contributed by atoms with E-state index in [2.05, 4.69) is 10.3 Å². The van der Waals surface area contributed by atoms with Gasteiger partial charge < -0.3 is 19.5 Å². The number of nitrogens with zero attached hydrogens (tertiary/aromatic N) is 1. The van der Waals surface area contributed by atoms with E-state index in [0.717, 1.165) is 27.8 Å². The predicted octanol–water partition coefficient (Wildman–Crippen LogP) is 4.80. The third-order valence-electron chi connectivity index (χ3n) is 4.46. The molecule has 31 heavy (non-hydrogen) atoms. The third-order valence-corrected chi connectivity index (χ3v) is 5.28. The molecule has 7 heteroatoms. The van der Waals surface area contributed by atoms with E-state index in [4.69, 9.17) is 14.2 Å². The maximum absolute atomic E-state index is 12.6. The lowest BCUT2D eigenvalue weighted by atomic mass is 10.1. The number of hydrogen-bond donors (Lipinski definition) is 1. The summed E-state index contributed by atoms with van der Waals surface area (Å²) in [4.78, 5) is 16.9. The Morgan fingerprint density at radius 1 is 1.03 bits per heavy atom. The first-order valence-electron chi connectivity index (χ1n) is 10.4. The zero-order valence-corrected chi connectivity index (χ0v) is 19.0. The summed E-state index contributed by atoms with van der Waals surface area (Å²) in [5.41, 5.74) is 2.52. The zero-order chi connectivity index (χ0) is 22.1. The van der Waals surface area contributed by atoms with Gasteiger partial charge in [-0.2, -0.15) is 0 Å². The van der Waals surface area contributed by atoms with Gasteiger partial charge in [0.05, 0.1) is 23.9 Å². The number of ether oxygens (including phenoxy) is 3. The summed E-state index contributed by atoms with van der Waals surface area (Å²) in [6.07, 6.45) is 0.692. The number of rotatable bonds is 11. The highest BCUT2D eigenvalue weighted by Gasteiger charge is 2.09. The quantitative estimate of drug-likeness (QED) is 0.464. The minimum atomic E-state index is -0.133. The van der Waals surface area contributed by atoms with Crippen molar-refractivity contribution < 1.29 is 19.0 Å². The molecule has 0 radical (unpaired) electrons. The van der Waals surface area contributed by atoms with Crippen LogP contribution in [0, 0.1) is 6.92 Å². The molecule has 0 saturated heterocycles. The Hall–Kier alpha value is -3.06. The minimum Gasteiger partial charge on any atom is -0.490 e. The molecule has 0 bridgehead atoms. The fourth-order valence-corrected chi connectivity index (χ4v) is 3.63. The lowest BCUT2D eigenvalue weighted by Crippen LogP contribution is -2.25. The molecule has 1 N–H and O–H groups in total. The van der Waals surface area contributed by atoms with Crippen LogP contribution in [0.15, 0.2) is 47.8 Å². The van der Waals surface area contributed by atoms with Crippen molar-refractivity contribution in [2.24, 2.45) is 0 Å². The van der Waals surface area contributed by atoms with Crippen LogP contribution in [0.2, 0.25) is 0 Å². The second-order valence-corrected chi connectivity index (χ2v) is 7.89. The normalized spacial score (nSPS) is 10.5. The van der Waals surface area contributed by atoms with Gasteiger partial charge >= 0.3 is 0 Å². The summed E-state index contributed by atoms with van der Waals surface area (Å²) in [5, 5.41) is 5.95. The first-order valence-corrected chi connectivity index (χ1v) is 11.3. The molecule has 0 atom stereocenters. The van der Waals surface area contributed by atoms with E-state index in [1.54, 1.807) is 23.5 Å². The Morgan fingerprint density at radius 3 is 2.58 bits per heavy atom. The largest absolute Gasteiger partial charge is 0.490 e. The molecule has 6 nitrogen and oxygen atoms in total. The smallest absolute Gasteiger partial charge is 0.251 e. The molecule has 0 aliphatic heterocycles. The second-order valence-electron chi connectivity index (χ2n) is 6.83. The minimum absolute atomic E-state index is 0.133. The Bertz CT molecular complexity index is 1000. The molecule has 0 spiro atoms. The van der Waals surface area contributed by atoms with Gasteiger partial charge in [-0.15, -0.1) is 11.3 Å². The number of thiazole rings is 1.